The molecule has 0 saturated heterocycles. The lowest BCUT2D eigenvalue weighted by atomic mass is 10.3. The highest BCUT2D eigenvalue weighted by atomic mass is 32.2. The number of pyridine rings is 1. The molecule has 2 aromatic rings. The van der Waals surface area contributed by atoms with E-state index in [-0.39, 0.29) is 22.1 Å². The second kappa shape index (κ2) is 6.56. The predicted molar refractivity (Wildman–Crippen MR) is 85.6 cm³/mol. The molecule has 6 nitrogen and oxygen atoms in total. The van der Waals surface area contributed by atoms with Crippen LogP contribution in [0.2, 0.25) is 0 Å². The second-order valence-corrected chi connectivity index (χ2v) is 7.49. The molecule has 9 heteroatoms. The molecule has 0 aliphatic carbocycles. The van der Waals surface area contributed by atoms with Gasteiger partial charge in [-0.3, -0.25) is 4.98 Å². The number of nitrogens with one attached hydrogen (secondary N) is 1. The second-order valence-electron chi connectivity index (χ2n) is 4.11. The smallest absolute Gasteiger partial charge is 0.243 e. The standard InChI is InChI=1S/C12H14N4O2S3/c1-2-8-6-15-10(20-8)7-16-21(17,18)9-4-3-5-14-11(9)12(13)19/h3-6,16H,2,7H2,1H3,(H2,13,19). The van der Waals surface area contributed by atoms with Crippen LogP contribution in [0.15, 0.2) is 29.4 Å². The quantitative estimate of drug-likeness (QED) is 0.766. The van der Waals surface area contributed by atoms with Crippen molar-refractivity contribution in [3.8, 4) is 0 Å². The number of rotatable bonds is 6. The number of nitrogens with zero attached hydrogens (tertiary/aromatic N) is 2. The Morgan fingerprint density at radius 2 is 2.24 bits per heavy atom. The van der Waals surface area contributed by atoms with Crippen molar-refractivity contribution in [3.63, 3.8) is 0 Å². The van der Waals surface area contributed by atoms with Crippen LogP contribution in [0.25, 0.3) is 0 Å². The van der Waals surface area contributed by atoms with Crippen LogP contribution in [-0.2, 0) is 23.0 Å². The van der Waals surface area contributed by atoms with Gasteiger partial charge in [0.25, 0.3) is 0 Å². The molecule has 0 radical (unpaired) electrons. The number of sulfonamides is 1. The summed E-state index contributed by atoms with van der Waals surface area (Å²) in [6.45, 7) is 2.14. The maximum absolute atomic E-state index is 12.3. The lowest BCUT2D eigenvalue weighted by molar-refractivity contribution is 0.580. The summed E-state index contributed by atoms with van der Waals surface area (Å²) in [4.78, 5) is 9.11. The molecule has 2 heterocycles. The molecule has 0 aliphatic rings. The molecule has 2 rings (SSSR count). The van der Waals surface area contributed by atoms with E-state index >= 15 is 0 Å². The van der Waals surface area contributed by atoms with Crippen molar-refractivity contribution in [3.05, 3.63) is 40.1 Å². The average molecular weight is 342 g/mol. The summed E-state index contributed by atoms with van der Waals surface area (Å²) >= 11 is 6.30. The van der Waals surface area contributed by atoms with Gasteiger partial charge in [0, 0.05) is 17.3 Å². The van der Waals surface area contributed by atoms with Crippen molar-refractivity contribution in [2.45, 2.75) is 24.8 Å². The topological polar surface area (TPSA) is 98.0 Å². The molecule has 0 aliphatic heterocycles. The normalized spacial score (nSPS) is 11.5. The first-order valence-electron chi connectivity index (χ1n) is 6.12. The number of aryl methyl sites for hydroxylation is 1. The molecule has 0 bridgehead atoms. The highest BCUT2D eigenvalue weighted by Gasteiger charge is 2.20. The Morgan fingerprint density at radius 1 is 1.48 bits per heavy atom. The highest BCUT2D eigenvalue weighted by Crippen LogP contribution is 2.16. The molecule has 0 saturated carbocycles. The summed E-state index contributed by atoms with van der Waals surface area (Å²) in [5, 5.41) is 0.705. The number of hydrogen-bond donors (Lipinski definition) is 2. The predicted octanol–water partition coefficient (Wildman–Crippen LogP) is 1.21. The average Bonchev–Trinajstić information content (AvgIpc) is 2.93. The van der Waals surface area contributed by atoms with Gasteiger partial charge < -0.3 is 5.73 Å². The Bertz CT molecular complexity index is 755. The maximum Gasteiger partial charge on any atom is 0.243 e. The summed E-state index contributed by atoms with van der Waals surface area (Å²) in [5.41, 5.74) is 5.60. The zero-order chi connectivity index (χ0) is 15.5. The molecule has 0 fully saturated rings. The van der Waals surface area contributed by atoms with Crippen molar-refractivity contribution in [2.75, 3.05) is 0 Å². The van der Waals surface area contributed by atoms with E-state index in [1.165, 1.54) is 29.7 Å². The summed E-state index contributed by atoms with van der Waals surface area (Å²) in [7, 11) is -3.74. The maximum atomic E-state index is 12.3. The Balaban J connectivity index is 2.21. The lowest BCUT2D eigenvalue weighted by Gasteiger charge is -2.08. The van der Waals surface area contributed by atoms with Crippen LogP contribution in [0.3, 0.4) is 0 Å². The van der Waals surface area contributed by atoms with Crippen molar-refractivity contribution >= 4 is 38.6 Å². The van der Waals surface area contributed by atoms with E-state index in [1.807, 2.05) is 6.92 Å². The lowest BCUT2D eigenvalue weighted by Crippen LogP contribution is -2.26. The van der Waals surface area contributed by atoms with Crippen molar-refractivity contribution in [2.24, 2.45) is 5.73 Å². The molecular weight excluding hydrogens is 328 g/mol. The minimum Gasteiger partial charge on any atom is -0.388 e. The monoisotopic (exact) mass is 342 g/mol. The van der Waals surface area contributed by atoms with Crippen LogP contribution < -0.4 is 10.5 Å². The van der Waals surface area contributed by atoms with Crippen molar-refractivity contribution < 1.29 is 8.42 Å². The van der Waals surface area contributed by atoms with Gasteiger partial charge in [0.05, 0.1) is 6.54 Å². The number of hydrogen-bond acceptors (Lipinski definition) is 6. The summed E-state index contributed by atoms with van der Waals surface area (Å²) < 4.78 is 27.1. The van der Waals surface area contributed by atoms with Gasteiger partial charge in [-0.2, -0.15) is 0 Å². The van der Waals surface area contributed by atoms with Crippen molar-refractivity contribution in [1.29, 1.82) is 0 Å². The largest absolute Gasteiger partial charge is 0.388 e. The highest BCUT2D eigenvalue weighted by molar-refractivity contribution is 7.89. The minimum atomic E-state index is -3.74. The first-order chi connectivity index (χ1) is 9.94. The fraction of sp³-hybridized carbons (Fsp3) is 0.250. The van der Waals surface area contributed by atoms with Gasteiger partial charge >= 0.3 is 0 Å². The van der Waals surface area contributed by atoms with E-state index in [4.69, 9.17) is 18.0 Å². The Labute approximate surface area is 132 Å². The van der Waals surface area contributed by atoms with Gasteiger partial charge in [0.15, 0.2) is 0 Å². The van der Waals surface area contributed by atoms with Crippen LogP contribution in [0.1, 0.15) is 22.5 Å². The van der Waals surface area contributed by atoms with E-state index in [0.29, 0.717) is 5.01 Å². The Kier molecular flexibility index (Phi) is 4.99. The number of thiocarbonyl (C=S) groups is 1. The van der Waals surface area contributed by atoms with Crippen LogP contribution >= 0.6 is 23.6 Å². The van der Waals surface area contributed by atoms with E-state index in [0.717, 1.165) is 11.3 Å². The van der Waals surface area contributed by atoms with Crippen LogP contribution in [-0.4, -0.2) is 23.4 Å². The molecule has 112 valence electrons. The fourth-order valence-electron chi connectivity index (χ4n) is 1.62. The molecule has 21 heavy (non-hydrogen) atoms. The summed E-state index contributed by atoms with van der Waals surface area (Å²) in [5.74, 6) is 0. The molecule has 0 aromatic carbocycles. The van der Waals surface area contributed by atoms with E-state index in [9.17, 15) is 8.42 Å². The Morgan fingerprint density at radius 3 is 2.86 bits per heavy atom. The van der Waals surface area contributed by atoms with Crippen LogP contribution in [0, 0.1) is 0 Å². The van der Waals surface area contributed by atoms with Gasteiger partial charge in [-0.1, -0.05) is 19.1 Å². The summed E-state index contributed by atoms with van der Waals surface area (Å²) in [6, 6.07) is 2.94. The molecule has 0 amide bonds. The third kappa shape index (κ3) is 3.82. The van der Waals surface area contributed by atoms with Gasteiger partial charge in [-0.15, -0.1) is 11.3 Å². The fourth-order valence-corrected chi connectivity index (χ4v) is 3.90. The number of thiazole rings is 1. The SMILES string of the molecule is CCc1cnc(CNS(=O)(=O)c2cccnc2C(N)=S)s1. The molecule has 0 unspecified atom stereocenters. The van der Waals surface area contributed by atoms with Crippen molar-refractivity contribution in [1.82, 2.24) is 14.7 Å². The van der Waals surface area contributed by atoms with E-state index in [2.05, 4.69) is 14.7 Å². The zero-order valence-electron chi connectivity index (χ0n) is 11.2. The number of nitrogens with two attached hydrogens (primary N) is 1. The first-order valence-corrected chi connectivity index (χ1v) is 8.83. The molecule has 3 N–H and O–H groups in total. The minimum absolute atomic E-state index is 0.0234. The van der Waals surface area contributed by atoms with E-state index < -0.39 is 10.0 Å². The third-order valence-electron chi connectivity index (χ3n) is 2.66. The molecular formula is C12H14N4O2S3. The molecule has 0 atom stereocenters. The first kappa shape index (κ1) is 16.0. The Hall–Kier alpha value is -1.42. The summed E-state index contributed by atoms with van der Waals surface area (Å²) in [6.07, 6.45) is 4.07. The van der Waals surface area contributed by atoms with Crippen LogP contribution in [0.4, 0.5) is 0 Å². The zero-order valence-corrected chi connectivity index (χ0v) is 13.7. The molecule has 2 aromatic heterocycles. The van der Waals surface area contributed by atoms with Gasteiger partial charge in [-0.25, -0.2) is 18.1 Å². The van der Waals surface area contributed by atoms with Gasteiger partial charge in [0.1, 0.15) is 20.6 Å². The molecule has 0 spiro atoms. The third-order valence-corrected chi connectivity index (χ3v) is 5.42. The number of aromatic nitrogens is 2. The van der Waals surface area contributed by atoms with Gasteiger partial charge in [0.2, 0.25) is 10.0 Å². The van der Waals surface area contributed by atoms with Gasteiger partial charge in [-0.05, 0) is 18.6 Å². The van der Waals surface area contributed by atoms with Crippen LogP contribution in [0.5, 0.6) is 0 Å². The van der Waals surface area contributed by atoms with E-state index in [1.54, 1.807) is 6.20 Å².